The van der Waals surface area contributed by atoms with Crippen molar-refractivity contribution in [2.75, 3.05) is 13.2 Å². The van der Waals surface area contributed by atoms with E-state index in [1.807, 2.05) is 6.92 Å². The number of tetrazole rings is 1. The molecule has 7 nitrogen and oxygen atoms in total. The van der Waals surface area contributed by atoms with Crippen LogP contribution in [0.4, 0.5) is 17.6 Å². The Morgan fingerprint density at radius 1 is 1.17 bits per heavy atom. The highest BCUT2D eigenvalue weighted by Crippen LogP contribution is 2.37. The average molecular weight is 537 g/mol. The van der Waals surface area contributed by atoms with Crippen LogP contribution in [0.5, 0.6) is 5.75 Å². The van der Waals surface area contributed by atoms with Gasteiger partial charge in [0.2, 0.25) is 0 Å². The second kappa shape index (κ2) is 11.5. The molecule has 1 saturated heterocycles. The molecular weight excluding hydrogens is 511 g/mol. The van der Waals surface area contributed by atoms with Gasteiger partial charge in [0.25, 0.3) is 5.82 Å². The minimum atomic E-state index is -4.72. The van der Waals surface area contributed by atoms with Crippen molar-refractivity contribution in [2.24, 2.45) is 5.73 Å². The predicted molar refractivity (Wildman–Crippen MR) is 127 cm³/mol. The minimum Gasteiger partial charge on any atom is -0.494 e. The van der Waals surface area contributed by atoms with E-state index in [1.165, 1.54) is 18.2 Å². The van der Waals surface area contributed by atoms with E-state index in [0.29, 0.717) is 35.6 Å². The quantitative estimate of drug-likeness (QED) is 0.458. The first kappa shape index (κ1) is 28.8. The van der Waals surface area contributed by atoms with Gasteiger partial charge >= 0.3 is 6.18 Å². The van der Waals surface area contributed by atoms with Crippen molar-refractivity contribution in [1.29, 1.82) is 0 Å². The molecule has 1 aromatic heterocycles. The van der Waals surface area contributed by atoms with Gasteiger partial charge in [0, 0.05) is 6.04 Å². The first-order chi connectivity index (χ1) is 15.7. The molecule has 1 aliphatic rings. The van der Waals surface area contributed by atoms with Crippen molar-refractivity contribution < 1.29 is 22.3 Å². The Morgan fingerprint density at radius 2 is 1.89 bits per heavy atom. The topological polar surface area (TPSA) is 90.9 Å². The molecule has 0 bridgehead atoms. The number of nitrogens with one attached hydrogen (secondary N) is 1. The van der Waals surface area contributed by atoms with E-state index in [2.05, 4.69) is 20.8 Å². The Bertz CT molecular complexity index is 1110. The highest BCUT2D eigenvalue weighted by Gasteiger charge is 2.42. The number of hydrogen-bond donors (Lipinski definition) is 2. The van der Waals surface area contributed by atoms with Crippen LogP contribution in [-0.2, 0) is 18.1 Å². The van der Waals surface area contributed by atoms with Crippen LogP contribution in [0.15, 0.2) is 42.5 Å². The van der Waals surface area contributed by atoms with Gasteiger partial charge in [-0.25, -0.2) is 4.39 Å². The van der Waals surface area contributed by atoms with E-state index in [0.717, 1.165) is 18.4 Å². The molecule has 0 radical (unpaired) electrons. The van der Waals surface area contributed by atoms with Crippen LogP contribution in [0.2, 0.25) is 0 Å². The minimum absolute atomic E-state index is 0. The summed E-state index contributed by atoms with van der Waals surface area (Å²) < 4.78 is 60.1. The first-order valence-electron chi connectivity index (χ1n) is 10.6. The zero-order valence-corrected chi connectivity index (χ0v) is 20.4. The predicted octanol–water partition coefficient (Wildman–Crippen LogP) is 4.21. The Balaban J connectivity index is 0.00000216. The van der Waals surface area contributed by atoms with Crippen molar-refractivity contribution in [1.82, 2.24) is 25.5 Å². The summed E-state index contributed by atoms with van der Waals surface area (Å²) in [5.41, 5.74) is 7.39. The molecule has 2 atom stereocenters. The molecule has 3 aromatic rings. The third kappa shape index (κ3) is 5.85. The van der Waals surface area contributed by atoms with E-state index < -0.39 is 17.5 Å². The van der Waals surface area contributed by atoms with Gasteiger partial charge in [-0.3, -0.25) is 0 Å². The summed E-state index contributed by atoms with van der Waals surface area (Å²) in [6.07, 6.45) is -2.79. The standard InChI is InChI=1S/C22H24F4N6O.2ClH/c1-2-33-18-10-9-17(32-20(22(24,25)26)29-30-31-32)12-14(18)13-21(19(27)4-3-11-28-21)15-5-7-16(23)8-6-15;;/h5-10,12,19,28H,2-4,11,13,27H2,1H3;2*1H/t19-,21-;;/m0../s1. The van der Waals surface area contributed by atoms with Crippen LogP contribution in [-0.4, -0.2) is 39.4 Å². The van der Waals surface area contributed by atoms with Gasteiger partial charge in [-0.2, -0.15) is 17.9 Å². The maximum absolute atomic E-state index is 13.6. The average Bonchev–Trinajstić information content (AvgIpc) is 3.28. The van der Waals surface area contributed by atoms with Crippen molar-refractivity contribution in [3.05, 3.63) is 65.2 Å². The highest BCUT2D eigenvalue weighted by molar-refractivity contribution is 5.85. The Hall–Kier alpha value is -2.47. The van der Waals surface area contributed by atoms with Crippen molar-refractivity contribution >= 4 is 24.8 Å². The third-order valence-corrected chi connectivity index (χ3v) is 5.91. The fraction of sp³-hybridized carbons (Fsp3) is 0.409. The fourth-order valence-electron chi connectivity index (χ4n) is 4.34. The number of benzene rings is 2. The molecular formula is C22H26Cl2F4N6O. The molecule has 0 spiro atoms. The fourth-order valence-corrected chi connectivity index (χ4v) is 4.34. The Labute approximate surface area is 212 Å². The summed E-state index contributed by atoms with van der Waals surface area (Å²) in [5, 5.41) is 13.3. The van der Waals surface area contributed by atoms with Crippen molar-refractivity contribution in [2.45, 2.75) is 43.9 Å². The molecule has 0 saturated carbocycles. The summed E-state index contributed by atoms with van der Waals surface area (Å²) in [4.78, 5) is 0. The van der Waals surface area contributed by atoms with Gasteiger partial charge in [0.15, 0.2) is 0 Å². The molecule has 2 aromatic carbocycles. The van der Waals surface area contributed by atoms with Crippen molar-refractivity contribution in [3.8, 4) is 11.4 Å². The van der Waals surface area contributed by atoms with Gasteiger partial charge in [-0.1, -0.05) is 12.1 Å². The lowest BCUT2D eigenvalue weighted by atomic mass is 9.74. The molecule has 1 fully saturated rings. The molecule has 0 aliphatic carbocycles. The highest BCUT2D eigenvalue weighted by atomic mass is 35.5. The number of hydrogen-bond acceptors (Lipinski definition) is 6. The summed E-state index contributed by atoms with van der Waals surface area (Å²) in [6, 6.07) is 10.4. The van der Waals surface area contributed by atoms with Crippen LogP contribution < -0.4 is 15.8 Å². The Kier molecular flexibility index (Phi) is 9.46. The van der Waals surface area contributed by atoms with Gasteiger partial charge < -0.3 is 15.8 Å². The number of nitrogens with zero attached hydrogens (tertiary/aromatic N) is 4. The molecule has 0 unspecified atom stereocenters. The zero-order valence-electron chi connectivity index (χ0n) is 18.8. The number of ether oxygens (including phenoxy) is 1. The number of piperidine rings is 1. The summed E-state index contributed by atoms with van der Waals surface area (Å²) in [6.45, 7) is 2.88. The monoisotopic (exact) mass is 536 g/mol. The normalized spacial score (nSPS) is 20.0. The van der Waals surface area contributed by atoms with Gasteiger partial charge in [-0.15, -0.1) is 29.9 Å². The molecule has 2 heterocycles. The lowest BCUT2D eigenvalue weighted by Crippen LogP contribution is -2.60. The summed E-state index contributed by atoms with van der Waals surface area (Å²) in [5.74, 6) is -1.07. The molecule has 192 valence electrons. The lowest BCUT2D eigenvalue weighted by Gasteiger charge is -2.44. The van der Waals surface area contributed by atoms with Crippen LogP contribution >= 0.6 is 24.8 Å². The van der Waals surface area contributed by atoms with Crippen LogP contribution in [0.1, 0.15) is 36.7 Å². The van der Waals surface area contributed by atoms with Crippen molar-refractivity contribution in [3.63, 3.8) is 0 Å². The van der Waals surface area contributed by atoms with Crippen LogP contribution in [0, 0.1) is 5.82 Å². The maximum Gasteiger partial charge on any atom is 0.453 e. The van der Waals surface area contributed by atoms with Gasteiger partial charge in [0.1, 0.15) is 11.6 Å². The largest absolute Gasteiger partial charge is 0.494 e. The molecule has 13 heteroatoms. The number of halogens is 6. The van der Waals surface area contributed by atoms with E-state index >= 15 is 0 Å². The van der Waals surface area contributed by atoms with Gasteiger partial charge in [0.05, 0.1) is 17.8 Å². The van der Waals surface area contributed by atoms with E-state index in [9.17, 15) is 17.6 Å². The second-order valence-corrected chi connectivity index (χ2v) is 7.97. The first-order valence-corrected chi connectivity index (χ1v) is 10.6. The molecule has 4 rings (SSSR count). The molecule has 1 aliphatic heterocycles. The summed E-state index contributed by atoms with van der Waals surface area (Å²) in [7, 11) is 0. The maximum atomic E-state index is 13.6. The number of aromatic nitrogens is 4. The zero-order chi connectivity index (χ0) is 23.6. The molecule has 0 amide bonds. The molecule has 3 N–H and O–H groups in total. The summed E-state index contributed by atoms with van der Waals surface area (Å²) >= 11 is 0. The molecule has 35 heavy (non-hydrogen) atoms. The SMILES string of the molecule is CCOc1ccc(-n2nnnc2C(F)(F)F)cc1C[C@@]1(c2ccc(F)cc2)NCCC[C@@H]1N.Cl.Cl. The van der Waals surface area contributed by atoms with E-state index in [-0.39, 0.29) is 42.4 Å². The van der Waals surface area contributed by atoms with Crippen LogP contribution in [0.25, 0.3) is 5.69 Å². The van der Waals surface area contributed by atoms with E-state index in [1.54, 1.807) is 24.3 Å². The van der Waals surface area contributed by atoms with Gasteiger partial charge in [-0.05, 0) is 84.6 Å². The third-order valence-electron chi connectivity index (χ3n) is 5.91. The Morgan fingerprint density at radius 3 is 2.51 bits per heavy atom. The van der Waals surface area contributed by atoms with Crippen LogP contribution in [0.3, 0.4) is 0 Å². The number of nitrogens with two attached hydrogens (primary N) is 1. The smallest absolute Gasteiger partial charge is 0.453 e. The number of alkyl halides is 3. The second-order valence-electron chi connectivity index (χ2n) is 7.97. The number of rotatable bonds is 6. The van der Waals surface area contributed by atoms with E-state index in [4.69, 9.17) is 10.5 Å². The lowest BCUT2D eigenvalue weighted by molar-refractivity contribution is -0.146.